The third kappa shape index (κ3) is 4.22. The number of nitrogens with zero attached hydrogens (tertiary/aromatic N) is 1. The summed E-state index contributed by atoms with van der Waals surface area (Å²) in [5, 5.41) is 4.61. The summed E-state index contributed by atoms with van der Waals surface area (Å²) in [6, 6.07) is 65.6. The quantitative estimate of drug-likeness (QED) is 0.186. The Balaban J connectivity index is 1.18. The molecule has 1 heterocycles. The summed E-state index contributed by atoms with van der Waals surface area (Å²) in [5.41, 5.74) is 13.7. The zero-order valence-corrected chi connectivity index (χ0v) is 27.7. The Morgan fingerprint density at radius 3 is 1.86 bits per heavy atom. The van der Waals surface area contributed by atoms with Gasteiger partial charge in [-0.1, -0.05) is 146 Å². The van der Waals surface area contributed by atoms with E-state index >= 15 is 0 Å². The van der Waals surface area contributed by atoms with Crippen molar-refractivity contribution >= 4 is 49.8 Å². The van der Waals surface area contributed by atoms with E-state index in [4.69, 9.17) is 4.42 Å². The lowest BCUT2D eigenvalue weighted by molar-refractivity contribution is 0.662. The molecule has 0 aliphatic heterocycles. The van der Waals surface area contributed by atoms with Gasteiger partial charge in [0.1, 0.15) is 11.2 Å². The molecule has 8 aromatic carbocycles. The van der Waals surface area contributed by atoms with E-state index in [-0.39, 0.29) is 5.41 Å². The minimum Gasteiger partial charge on any atom is -0.456 e. The van der Waals surface area contributed by atoms with Crippen LogP contribution < -0.4 is 4.90 Å². The van der Waals surface area contributed by atoms with E-state index in [1.807, 2.05) is 0 Å². The van der Waals surface area contributed by atoms with Gasteiger partial charge in [-0.15, -0.1) is 0 Å². The maximum Gasteiger partial charge on any atom is 0.137 e. The molecule has 1 aliphatic carbocycles. The zero-order chi connectivity index (χ0) is 33.2. The molecule has 236 valence electrons. The Kier molecular flexibility index (Phi) is 6.34. The highest BCUT2D eigenvalue weighted by Crippen LogP contribution is 2.53. The lowest BCUT2D eigenvalue weighted by atomic mass is 9.74. The van der Waals surface area contributed by atoms with Crippen molar-refractivity contribution in [1.82, 2.24) is 0 Å². The molecule has 2 heteroatoms. The molecule has 1 aromatic heterocycles. The lowest BCUT2D eigenvalue weighted by Gasteiger charge is -2.28. The van der Waals surface area contributed by atoms with E-state index < -0.39 is 0 Å². The Labute approximate surface area is 291 Å². The van der Waals surface area contributed by atoms with Crippen LogP contribution in [0, 0.1) is 0 Å². The first kappa shape index (κ1) is 28.6. The Morgan fingerprint density at radius 2 is 1.08 bits per heavy atom. The molecule has 0 atom stereocenters. The van der Waals surface area contributed by atoms with Crippen molar-refractivity contribution in [3.05, 3.63) is 199 Å². The first-order valence-corrected chi connectivity index (χ1v) is 17.3. The molecular weight excluding hydrogens is 607 g/mol. The van der Waals surface area contributed by atoms with Gasteiger partial charge in [-0.2, -0.15) is 0 Å². The average molecular weight is 640 g/mol. The molecule has 0 saturated heterocycles. The number of rotatable bonds is 5. The van der Waals surface area contributed by atoms with Crippen LogP contribution in [0.3, 0.4) is 0 Å². The first-order chi connectivity index (χ1) is 24.7. The number of benzene rings is 8. The molecule has 9 aromatic rings. The fourth-order valence-electron chi connectivity index (χ4n) is 8.31. The minimum atomic E-state index is -0.293. The second kappa shape index (κ2) is 11.1. The highest BCUT2D eigenvalue weighted by atomic mass is 16.3. The number of hydrogen-bond acceptors (Lipinski definition) is 2. The van der Waals surface area contributed by atoms with E-state index in [1.165, 1.54) is 49.7 Å². The van der Waals surface area contributed by atoms with E-state index in [0.29, 0.717) is 0 Å². The maximum atomic E-state index is 6.77. The van der Waals surface area contributed by atoms with E-state index in [1.54, 1.807) is 0 Å². The molecule has 0 saturated carbocycles. The molecule has 2 nitrogen and oxygen atoms in total. The van der Waals surface area contributed by atoms with Gasteiger partial charge < -0.3 is 9.32 Å². The summed E-state index contributed by atoms with van der Waals surface area (Å²) >= 11 is 0. The van der Waals surface area contributed by atoms with Gasteiger partial charge >= 0.3 is 0 Å². The van der Waals surface area contributed by atoms with Gasteiger partial charge in [-0.05, 0) is 87.7 Å². The molecule has 0 spiro atoms. The summed E-state index contributed by atoms with van der Waals surface area (Å²) in [5.74, 6) is 0. The van der Waals surface area contributed by atoms with Gasteiger partial charge in [-0.3, -0.25) is 0 Å². The number of anilines is 3. The standard InChI is InChI=1S/C48H33NO/c1-48(41-20-9-7-18-38(41)39-19-8-10-21-42(39)48)35-27-30-40-46(31-35)50-45-24-12-23-44(47(40)45)49(43-22-11-16-34-15-5-6-17-37(34)43)36-28-25-33(26-29-36)32-13-3-2-4-14-32/h2-31H,1H3. The van der Waals surface area contributed by atoms with Crippen molar-refractivity contribution in [2.45, 2.75) is 12.3 Å². The smallest absolute Gasteiger partial charge is 0.137 e. The first-order valence-electron chi connectivity index (χ1n) is 17.3. The number of hydrogen-bond donors (Lipinski definition) is 0. The molecule has 0 unspecified atom stereocenters. The summed E-state index contributed by atoms with van der Waals surface area (Å²) in [6.45, 7) is 2.36. The van der Waals surface area contributed by atoms with Gasteiger partial charge in [-0.25, -0.2) is 0 Å². The van der Waals surface area contributed by atoms with Crippen molar-refractivity contribution in [3.63, 3.8) is 0 Å². The van der Waals surface area contributed by atoms with Crippen LogP contribution in [-0.2, 0) is 5.41 Å². The Morgan fingerprint density at radius 1 is 0.460 bits per heavy atom. The maximum absolute atomic E-state index is 6.77. The van der Waals surface area contributed by atoms with Crippen molar-refractivity contribution in [2.24, 2.45) is 0 Å². The van der Waals surface area contributed by atoms with Crippen LogP contribution in [0.25, 0.3) is 55.0 Å². The van der Waals surface area contributed by atoms with Gasteiger partial charge in [0.25, 0.3) is 0 Å². The summed E-state index contributed by atoms with van der Waals surface area (Å²) in [6.07, 6.45) is 0. The summed E-state index contributed by atoms with van der Waals surface area (Å²) in [4.78, 5) is 2.40. The second-order valence-corrected chi connectivity index (χ2v) is 13.4. The van der Waals surface area contributed by atoms with Crippen LogP contribution in [-0.4, -0.2) is 0 Å². The summed E-state index contributed by atoms with van der Waals surface area (Å²) < 4.78 is 6.77. The van der Waals surface area contributed by atoms with Crippen molar-refractivity contribution < 1.29 is 4.42 Å². The molecule has 0 bridgehead atoms. The molecule has 0 radical (unpaired) electrons. The normalized spacial score (nSPS) is 13.1. The SMILES string of the molecule is CC1(c2ccc3c(c2)oc2cccc(N(c4ccc(-c5ccccc5)cc4)c4cccc5ccccc45)c23)c2ccccc2-c2ccccc21. The number of fused-ring (bicyclic) bond motifs is 7. The highest BCUT2D eigenvalue weighted by Gasteiger charge is 2.40. The molecule has 1 aliphatic rings. The largest absolute Gasteiger partial charge is 0.456 e. The lowest BCUT2D eigenvalue weighted by Crippen LogP contribution is -2.22. The van der Waals surface area contributed by atoms with Crippen LogP contribution in [0.4, 0.5) is 17.1 Å². The molecular formula is C48H33NO. The van der Waals surface area contributed by atoms with Crippen LogP contribution in [0.2, 0.25) is 0 Å². The Bertz CT molecular complexity index is 2670. The monoisotopic (exact) mass is 639 g/mol. The topological polar surface area (TPSA) is 16.4 Å². The second-order valence-electron chi connectivity index (χ2n) is 13.4. The molecule has 0 fully saturated rings. The van der Waals surface area contributed by atoms with Crippen molar-refractivity contribution in [2.75, 3.05) is 4.90 Å². The van der Waals surface area contributed by atoms with Gasteiger partial charge in [0.2, 0.25) is 0 Å². The predicted molar refractivity (Wildman–Crippen MR) is 209 cm³/mol. The zero-order valence-electron chi connectivity index (χ0n) is 27.7. The third-order valence-corrected chi connectivity index (χ3v) is 10.8. The van der Waals surface area contributed by atoms with Crippen LogP contribution in [0.5, 0.6) is 0 Å². The predicted octanol–water partition coefficient (Wildman–Crippen LogP) is 13.2. The fourth-order valence-corrected chi connectivity index (χ4v) is 8.31. The highest BCUT2D eigenvalue weighted by molar-refractivity contribution is 6.15. The molecule has 10 rings (SSSR count). The van der Waals surface area contributed by atoms with Gasteiger partial charge in [0.15, 0.2) is 0 Å². The van der Waals surface area contributed by atoms with Crippen LogP contribution in [0.1, 0.15) is 23.6 Å². The van der Waals surface area contributed by atoms with Crippen molar-refractivity contribution in [3.8, 4) is 22.3 Å². The van der Waals surface area contributed by atoms with E-state index in [0.717, 1.165) is 39.0 Å². The molecule has 50 heavy (non-hydrogen) atoms. The van der Waals surface area contributed by atoms with Gasteiger partial charge in [0.05, 0.1) is 16.8 Å². The number of furan rings is 1. The van der Waals surface area contributed by atoms with Gasteiger partial charge in [0, 0.05) is 21.9 Å². The van der Waals surface area contributed by atoms with Crippen molar-refractivity contribution in [1.29, 1.82) is 0 Å². The third-order valence-electron chi connectivity index (χ3n) is 10.8. The fraction of sp³-hybridized carbons (Fsp3) is 0.0417. The van der Waals surface area contributed by atoms with Crippen LogP contribution in [0.15, 0.2) is 186 Å². The summed E-state index contributed by atoms with van der Waals surface area (Å²) in [7, 11) is 0. The van der Waals surface area contributed by atoms with E-state index in [2.05, 4.69) is 194 Å². The van der Waals surface area contributed by atoms with E-state index in [9.17, 15) is 0 Å². The molecule has 0 N–H and O–H groups in total. The minimum absolute atomic E-state index is 0.293. The molecule has 0 amide bonds. The van der Waals surface area contributed by atoms with Crippen LogP contribution >= 0.6 is 0 Å². The Hall–Kier alpha value is -6.38. The average Bonchev–Trinajstić information content (AvgIpc) is 3.69.